The fourth-order valence-electron chi connectivity index (χ4n) is 2.15. The van der Waals surface area contributed by atoms with Crippen molar-refractivity contribution in [3.63, 3.8) is 0 Å². The summed E-state index contributed by atoms with van der Waals surface area (Å²) in [4.78, 5) is 11.9. The minimum Gasteiger partial charge on any atom is -0.491 e. The third-order valence-corrected chi connectivity index (χ3v) is 3.28. The first-order valence-electron chi connectivity index (χ1n) is 7.55. The molecule has 0 aliphatic heterocycles. The van der Waals surface area contributed by atoms with Crippen molar-refractivity contribution in [3.05, 3.63) is 65.2 Å². The van der Waals surface area contributed by atoms with E-state index in [-0.39, 0.29) is 12.6 Å². The number of aliphatic hydroxyl groups excluding tert-OH is 1. The van der Waals surface area contributed by atoms with Gasteiger partial charge in [-0.3, -0.25) is 4.79 Å². The number of amides is 1. The number of carbonyl (C=O) groups excluding carboxylic acids is 1. The van der Waals surface area contributed by atoms with Crippen LogP contribution in [0, 0.1) is 11.6 Å². The van der Waals surface area contributed by atoms with Gasteiger partial charge in [0.15, 0.2) is 0 Å². The smallest absolute Gasteiger partial charge is 0.257 e. The zero-order valence-corrected chi connectivity index (χ0v) is 13.4. The molecular weight excluding hydrogens is 316 g/mol. The lowest BCUT2D eigenvalue weighted by atomic mass is 10.1. The standard InChI is InChI=1S/C18H19F2NO3/c1-11(2)24-13-8-6-12(7-9-13)16(22)10-21-18(23)17-14(19)4-3-5-15(17)20/h3-9,11,16,22H,10H2,1-2H3,(H,21,23). The Morgan fingerprint density at radius 3 is 2.25 bits per heavy atom. The van der Waals surface area contributed by atoms with E-state index in [4.69, 9.17) is 4.74 Å². The first kappa shape index (κ1) is 17.9. The molecule has 2 aromatic rings. The molecule has 0 saturated carbocycles. The Morgan fingerprint density at radius 1 is 1.12 bits per heavy atom. The van der Waals surface area contributed by atoms with E-state index in [0.717, 1.165) is 12.1 Å². The predicted molar refractivity (Wildman–Crippen MR) is 85.9 cm³/mol. The van der Waals surface area contributed by atoms with E-state index in [0.29, 0.717) is 11.3 Å². The van der Waals surface area contributed by atoms with Crippen molar-refractivity contribution in [3.8, 4) is 5.75 Å². The zero-order valence-electron chi connectivity index (χ0n) is 13.4. The van der Waals surface area contributed by atoms with Crippen LogP contribution in [-0.4, -0.2) is 23.7 Å². The van der Waals surface area contributed by atoms with E-state index < -0.39 is 29.2 Å². The van der Waals surface area contributed by atoms with Crippen LogP contribution in [0.5, 0.6) is 5.75 Å². The van der Waals surface area contributed by atoms with E-state index >= 15 is 0 Å². The average Bonchev–Trinajstić information content (AvgIpc) is 2.52. The first-order valence-corrected chi connectivity index (χ1v) is 7.55. The number of benzene rings is 2. The molecule has 24 heavy (non-hydrogen) atoms. The van der Waals surface area contributed by atoms with Crippen LogP contribution < -0.4 is 10.1 Å². The van der Waals surface area contributed by atoms with Gasteiger partial charge in [-0.25, -0.2) is 8.78 Å². The van der Waals surface area contributed by atoms with Gasteiger partial charge >= 0.3 is 0 Å². The van der Waals surface area contributed by atoms with Crippen LogP contribution >= 0.6 is 0 Å². The van der Waals surface area contributed by atoms with Gasteiger partial charge in [-0.1, -0.05) is 18.2 Å². The van der Waals surface area contributed by atoms with Crippen LogP contribution in [0.3, 0.4) is 0 Å². The molecule has 0 saturated heterocycles. The lowest BCUT2D eigenvalue weighted by molar-refractivity contribution is 0.0907. The van der Waals surface area contributed by atoms with Gasteiger partial charge in [0.05, 0.1) is 12.2 Å². The highest BCUT2D eigenvalue weighted by molar-refractivity contribution is 5.94. The molecule has 6 heteroatoms. The van der Waals surface area contributed by atoms with Crippen LogP contribution in [0.1, 0.15) is 35.9 Å². The molecule has 4 nitrogen and oxygen atoms in total. The van der Waals surface area contributed by atoms with Crippen molar-refractivity contribution < 1.29 is 23.4 Å². The first-order chi connectivity index (χ1) is 11.4. The summed E-state index contributed by atoms with van der Waals surface area (Å²) in [6, 6.07) is 9.92. The van der Waals surface area contributed by atoms with Crippen LogP contribution in [0.25, 0.3) is 0 Å². The number of nitrogens with one attached hydrogen (secondary N) is 1. The summed E-state index contributed by atoms with van der Waals surface area (Å²) >= 11 is 0. The van der Waals surface area contributed by atoms with Gasteiger partial charge in [-0.15, -0.1) is 0 Å². The number of halogens is 2. The molecule has 0 radical (unpaired) electrons. The number of carbonyl (C=O) groups is 1. The number of hydrogen-bond donors (Lipinski definition) is 2. The topological polar surface area (TPSA) is 58.6 Å². The maximum atomic E-state index is 13.5. The van der Waals surface area contributed by atoms with E-state index in [1.54, 1.807) is 24.3 Å². The van der Waals surface area contributed by atoms with Gasteiger partial charge in [0.1, 0.15) is 22.9 Å². The second-order valence-corrected chi connectivity index (χ2v) is 5.56. The minimum absolute atomic E-state index is 0.0377. The number of rotatable bonds is 6. The molecule has 0 fully saturated rings. The molecule has 128 valence electrons. The molecule has 1 amide bonds. The van der Waals surface area contributed by atoms with Crippen molar-refractivity contribution in [1.82, 2.24) is 5.32 Å². The Labute approximate surface area is 139 Å². The van der Waals surface area contributed by atoms with E-state index in [2.05, 4.69) is 5.32 Å². The summed E-state index contributed by atoms with van der Waals surface area (Å²) < 4.78 is 32.5. The van der Waals surface area contributed by atoms with E-state index in [1.165, 1.54) is 6.07 Å². The van der Waals surface area contributed by atoms with Gasteiger partial charge < -0.3 is 15.2 Å². The summed E-state index contributed by atoms with van der Waals surface area (Å²) in [7, 11) is 0. The molecule has 2 N–H and O–H groups in total. The molecule has 0 heterocycles. The second kappa shape index (κ2) is 7.88. The van der Waals surface area contributed by atoms with Gasteiger partial charge in [-0.2, -0.15) is 0 Å². The molecule has 0 bridgehead atoms. The monoisotopic (exact) mass is 335 g/mol. The van der Waals surface area contributed by atoms with Crippen molar-refractivity contribution in [2.24, 2.45) is 0 Å². The molecule has 0 aliphatic carbocycles. The highest BCUT2D eigenvalue weighted by atomic mass is 19.1. The summed E-state index contributed by atoms with van der Waals surface area (Å²) in [6.45, 7) is 3.64. The minimum atomic E-state index is -1.00. The highest BCUT2D eigenvalue weighted by Gasteiger charge is 2.18. The van der Waals surface area contributed by atoms with Crippen LogP contribution in [0.15, 0.2) is 42.5 Å². The van der Waals surface area contributed by atoms with Crippen molar-refractivity contribution in [2.75, 3.05) is 6.54 Å². The third-order valence-electron chi connectivity index (χ3n) is 3.28. The van der Waals surface area contributed by atoms with Crippen LogP contribution in [-0.2, 0) is 0 Å². The Morgan fingerprint density at radius 2 is 1.71 bits per heavy atom. The molecule has 0 aliphatic rings. The Kier molecular flexibility index (Phi) is 5.87. The van der Waals surface area contributed by atoms with Crippen molar-refractivity contribution in [2.45, 2.75) is 26.1 Å². The fourth-order valence-corrected chi connectivity index (χ4v) is 2.15. The molecule has 0 spiro atoms. The maximum absolute atomic E-state index is 13.5. The average molecular weight is 335 g/mol. The Hall–Kier alpha value is -2.47. The Bertz CT molecular complexity index is 682. The molecule has 2 rings (SSSR count). The molecular formula is C18H19F2NO3. The Balaban J connectivity index is 1.97. The molecule has 2 aromatic carbocycles. The summed E-state index contributed by atoms with van der Waals surface area (Å²) in [5.41, 5.74) is -0.106. The van der Waals surface area contributed by atoms with E-state index in [1.807, 2.05) is 13.8 Å². The maximum Gasteiger partial charge on any atom is 0.257 e. The summed E-state index contributed by atoms with van der Waals surface area (Å²) in [5.74, 6) is -2.14. The second-order valence-electron chi connectivity index (χ2n) is 5.56. The van der Waals surface area contributed by atoms with Gasteiger partial charge in [0, 0.05) is 6.54 Å². The number of ether oxygens (including phenoxy) is 1. The van der Waals surface area contributed by atoms with E-state index in [9.17, 15) is 18.7 Å². The van der Waals surface area contributed by atoms with Crippen LogP contribution in [0.4, 0.5) is 8.78 Å². The number of hydrogen-bond acceptors (Lipinski definition) is 3. The van der Waals surface area contributed by atoms with Crippen molar-refractivity contribution in [1.29, 1.82) is 0 Å². The predicted octanol–water partition coefficient (Wildman–Crippen LogP) is 3.22. The third kappa shape index (κ3) is 4.52. The largest absolute Gasteiger partial charge is 0.491 e. The lowest BCUT2D eigenvalue weighted by Gasteiger charge is -2.14. The van der Waals surface area contributed by atoms with Gasteiger partial charge in [0.25, 0.3) is 5.91 Å². The molecule has 1 atom stereocenters. The molecule has 0 aromatic heterocycles. The number of aliphatic hydroxyl groups is 1. The van der Waals surface area contributed by atoms with Crippen molar-refractivity contribution >= 4 is 5.91 Å². The lowest BCUT2D eigenvalue weighted by Crippen LogP contribution is -2.29. The van der Waals surface area contributed by atoms with Gasteiger partial charge in [0.2, 0.25) is 0 Å². The summed E-state index contributed by atoms with van der Waals surface area (Å²) in [6.07, 6.45) is -0.965. The normalized spacial score (nSPS) is 12.1. The quantitative estimate of drug-likeness (QED) is 0.852. The zero-order chi connectivity index (χ0) is 17.7. The SMILES string of the molecule is CC(C)Oc1ccc(C(O)CNC(=O)c2c(F)cccc2F)cc1. The van der Waals surface area contributed by atoms with Gasteiger partial charge in [-0.05, 0) is 43.7 Å². The molecule has 1 unspecified atom stereocenters. The van der Waals surface area contributed by atoms with Crippen LogP contribution in [0.2, 0.25) is 0 Å². The highest BCUT2D eigenvalue weighted by Crippen LogP contribution is 2.19. The summed E-state index contributed by atoms with van der Waals surface area (Å²) in [5, 5.41) is 12.4. The fraction of sp³-hybridized carbons (Fsp3) is 0.278.